The van der Waals surface area contributed by atoms with Crippen LogP contribution >= 0.6 is 0 Å². The number of fused-ring (bicyclic) bond motifs is 3. The monoisotopic (exact) mass is 390 g/mol. The fraction of sp³-hybridized carbons (Fsp3) is 1.00. The predicted octanol–water partition coefficient (Wildman–Crippen LogP) is 2.10. The van der Waals surface area contributed by atoms with Gasteiger partial charge in [0.05, 0.1) is 0 Å². The van der Waals surface area contributed by atoms with E-state index >= 15 is 0 Å². The largest absolute Gasteiger partial charge is 0.387 e. The van der Waals surface area contributed by atoms with Crippen LogP contribution in [0.1, 0.15) is 27.7 Å². The summed E-state index contributed by atoms with van der Waals surface area (Å²) in [5, 5.41) is 10.9. The maximum atomic E-state index is 10.9. The van der Waals surface area contributed by atoms with E-state index in [4.69, 9.17) is 28.4 Å². The van der Waals surface area contributed by atoms with Gasteiger partial charge in [0.25, 0.3) is 0 Å². The number of aliphatic hydroxyl groups excluding tert-OH is 1. The summed E-state index contributed by atoms with van der Waals surface area (Å²) in [4.78, 5) is 0. The number of rotatable bonds is 6. The van der Waals surface area contributed by atoms with E-state index in [9.17, 15) is 5.11 Å². The fourth-order valence-electron chi connectivity index (χ4n) is 3.80. The number of aliphatic hydroxyl groups is 1. The van der Waals surface area contributed by atoms with Crippen LogP contribution in [0.15, 0.2) is 0 Å². The van der Waals surface area contributed by atoms with Gasteiger partial charge in [-0.15, -0.1) is 0 Å². The van der Waals surface area contributed by atoms with Gasteiger partial charge in [-0.3, -0.25) is 0 Å². The topological polar surface area (TPSA) is 75.6 Å². The van der Waals surface area contributed by atoms with Gasteiger partial charge in [0.1, 0.15) is 43.4 Å². The van der Waals surface area contributed by atoms with Crippen molar-refractivity contribution < 1.29 is 33.5 Å². The Bertz CT molecular complexity index is 504. The standard InChI is InChI=1S/C18H34O7Si/c1-17(2)22-13-11(19)12(21-10-20-8-9-26(5,6)7)14-16(15(13)24-17)25-18(3,4)23-14/h11-16,19H,8-10H2,1-7H3/t11-,12-,13+,14+,15+,16+/m0/s1. The molecule has 7 nitrogen and oxygen atoms in total. The molecule has 0 amide bonds. The van der Waals surface area contributed by atoms with E-state index in [1.807, 2.05) is 27.7 Å². The summed E-state index contributed by atoms with van der Waals surface area (Å²) in [6, 6.07) is 1.07. The molecule has 1 N–H and O–H groups in total. The Morgan fingerprint density at radius 2 is 1.35 bits per heavy atom. The molecule has 0 spiro atoms. The Morgan fingerprint density at radius 3 is 1.92 bits per heavy atom. The molecule has 0 aromatic heterocycles. The minimum absolute atomic E-state index is 0.112. The summed E-state index contributed by atoms with van der Waals surface area (Å²) < 4.78 is 35.5. The molecule has 152 valence electrons. The fourth-order valence-corrected chi connectivity index (χ4v) is 4.56. The van der Waals surface area contributed by atoms with Gasteiger partial charge in [0, 0.05) is 14.7 Å². The summed E-state index contributed by atoms with van der Waals surface area (Å²) in [5.41, 5.74) is 0. The Kier molecular flexibility index (Phi) is 5.62. The molecular formula is C18H34O7Si. The van der Waals surface area contributed by atoms with Crippen molar-refractivity contribution >= 4 is 8.07 Å². The van der Waals surface area contributed by atoms with Crippen LogP contribution in [0.4, 0.5) is 0 Å². The molecule has 1 aliphatic carbocycles. The summed E-state index contributed by atoms with van der Waals surface area (Å²) in [7, 11) is -1.15. The van der Waals surface area contributed by atoms with Crippen LogP contribution in [0.2, 0.25) is 25.7 Å². The normalized spacial score (nSPS) is 41.1. The average Bonchev–Trinajstić information content (AvgIpc) is 2.96. The van der Waals surface area contributed by atoms with E-state index in [0.717, 1.165) is 6.04 Å². The molecule has 0 bridgehead atoms. The summed E-state index contributed by atoms with van der Waals surface area (Å²) in [6.07, 6.45) is -3.16. The lowest BCUT2D eigenvalue weighted by atomic mass is 9.85. The molecule has 3 rings (SSSR count). The molecule has 2 aliphatic heterocycles. The lowest BCUT2D eigenvalue weighted by Gasteiger charge is -2.40. The van der Waals surface area contributed by atoms with Gasteiger partial charge in [0.15, 0.2) is 11.6 Å². The molecule has 2 saturated heterocycles. The lowest BCUT2D eigenvalue weighted by molar-refractivity contribution is -0.215. The minimum atomic E-state index is -1.15. The third-order valence-electron chi connectivity index (χ3n) is 4.99. The van der Waals surface area contributed by atoms with Gasteiger partial charge in [-0.05, 0) is 33.7 Å². The van der Waals surface area contributed by atoms with E-state index in [1.54, 1.807) is 0 Å². The predicted molar refractivity (Wildman–Crippen MR) is 97.5 cm³/mol. The quantitative estimate of drug-likeness (QED) is 0.423. The smallest absolute Gasteiger partial charge is 0.164 e. The zero-order valence-corrected chi connectivity index (χ0v) is 18.0. The van der Waals surface area contributed by atoms with Crippen molar-refractivity contribution in [2.75, 3.05) is 13.4 Å². The van der Waals surface area contributed by atoms with E-state index < -0.39 is 44.1 Å². The van der Waals surface area contributed by atoms with Crippen molar-refractivity contribution in [3.05, 3.63) is 0 Å². The van der Waals surface area contributed by atoms with Crippen molar-refractivity contribution in [1.29, 1.82) is 0 Å². The van der Waals surface area contributed by atoms with Crippen LogP contribution in [0.5, 0.6) is 0 Å². The number of hydrogen-bond donors (Lipinski definition) is 1. The van der Waals surface area contributed by atoms with E-state index in [1.165, 1.54) is 0 Å². The van der Waals surface area contributed by atoms with Crippen LogP contribution in [0.25, 0.3) is 0 Å². The van der Waals surface area contributed by atoms with Crippen molar-refractivity contribution in [1.82, 2.24) is 0 Å². The average molecular weight is 391 g/mol. The first kappa shape index (κ1) is 20.7. The molecule has 0 aromatic rings. The van der Waals surface area contributed by atoms with Crippen molar-refractivity contribution in [3.8, 4) is 0 Å². The number of hydrogen-bond acceptors (Lipinski definition) is 7. The molecule has 0 aromatic carbocycles. The molecule has 26 heavy (non-hydrogen) atoms. The van der Waals surface area contributed by atoms with Crippen molar-refractivity contribution in [2.24, 2.45) is 0 Å². The van der Waals surface area contributed by atoms with E-state index in [0.29, 0.717) is 6.61 Å². The summed E-state index contributed by atoms with van der Waals surface area (Å²) in [6.45, 7) is 15.1. The van der Waals surface area contributed by atoms with Crippen LogP contribution in [-0.4, -0.2) is 74.8 Å². The van der Waals surface area contributed by atoms with Crippen LogP contribution in [-0.2, 0) is 28.4 Å². The second-order valence-electron chi connectivity index (χ2n) is 9.59. The molecule has 8 heteroatoms. The van der Waals surface area contributed by atoms with E-state index in [-0.39, 0.29) is 19.0 Å². The maximum Gasteiger partial charge on any atom is 0.164 e. The van der Waals surface area contributed by atoms with Gasteiger partial charge >= 0.3 is 0 Å². The molecule has 0 radical (unpaired) electrons. The van der Waals surface area contributed by atoms with Gasteiger partial charge in [-0.2, -0.15) is 0 Å². The third kappa shape index (κ3) is 4.49. The highest BCUT2D eigenvalue weighted by Crippen LogP contribution is 2.45. The lowest BCUT2D eigenvalue weighted by Crippen LogP contribution is -2.62. The summed E-state index contributed by atoms with van der Waals surface area (Å²) >= 11 is 0. The molecule has 0 unspecified atom stereocenters. The molecule has 3 aliphatic rings. The van der Waals surface area contributed by atoms with Crippen LogP contribution in [0, 0.1) is 0 Å². The highest BCUT2D eigenvalue weighted by Gasteiger charge is 2.63. The first-order valence-corrected chi connectivity index (χ1v) is 13.2. The second-order valence-corrected chi connectivity index (χ2v) is 15.2. The Labute approximate surface area is 157 Å². The van der Waals surface area contributed by atoms with Gasteiger partial charge in [-0.25, -0.2) is 0 Å². The first-order valence-electron chi connectivity index (χ1n) is 9.47. The Hall–Kier alpha value is -0.0631. The van der Waals surface area contributed by atoms with Crippen molar-refractivity contribution in [3.63, 3.8) is 0 Å². The summed E-state index contributed by atoms with van der Waals surface area (Å²) in [5.74, 6) is -1.54. The van der Waals surface area contributed by atoms with Gasteiger partial charge in [-0.1, -0.05) is 19.6 Å². The Morgan fingerprint density at radius 1 is 0.846 bits per heavy atom. The van der Waals surface area contributed by atoms with Crippen LogP contribution < -0.4 is 0 Å². The third-order valence-corrected chi connectivity index (χ3v) is 6.69. The molecule has 6 atom stereocenters. The molecule has 2 heterocycles. The zero-order valence-electron chi connectivity index (χ0n) is 17.0. The van der Waals surface area contributed by atoms with E-state index in [2.05, 4.69) is 19.6 Å². The number of ether oxygens (including phenoxy) is 6. The molecular weight excluding hydrogens is 356 g/mol. The highest BCUT2D eigenvalue weighted by atomic mass is 28.3. The minimum Gasteiger partial charge on any atom is -0.387 e. The SMILES string of the molecule is CC1(C)O[C@H]2[C@@H]3OC(C)(C)O[C@@H]3[C@@H](O)[C@H](OCOCC[Si](C)(C)C)[C@H]2O1. The van der Waals surface area contributed by atoms with Gasteiger partial charge in [0.2, 0.25) is 0 Å². The van der Waals surface area contributed by atoms with Gasteiger partial charge < -0.3 is 33.5 Å². The maximum absolute atomic E-state index is 10.9. The van der Waals surface area contributed by atoms with Crippen LogP contribution in [0.3, 0.4) is 0 Å². The second kappa shape index (κ2) is 7.08. The van der Waals surface area contributed by atoms with Crippen molar-refractivity contribution in [2.45, 2.75) is 102 Å². The molecule has 1 saturated carbocycles. The highest BCUT2D eigenvalue weighted by molar-refractivity contribution is 6.76. The zero-order chi connectivity index (χ0) is 19.3. The Balaban J connectivity index is 1.65. The molecule has 3 fully saturated rings. The first-order chi connectivity index (χ1) is 11.9.